The molecule has 0 amide bonds. The summed E-state index contributed by atoms with van der Waals surface area (Å²) >= 11 is 0. The minimum atomic E-state index is -3.88. The van der Waals surface area contributed by atoms with Crippen molar-refractivity contribution >= 4 is 10.0 Å². The van der Waals surface area contributed by atoms with Gasteiger partial charge in [-0.25, -0.2) is 13.6 Å². The van der Waals surface area contributed by atoms with Crippen molar-refractivity contribution in [1.82, 2.24) is 24.5 Å². The van der Waals surface area contributed by atoms with Gasteiger partial charge in [-0.05, 0) is 13.8 Å². The zero-order valence-electron chi connectivity index (χ0n) is 10.5. The predicted molar refractivity (Wildman–Crippen MR) is 64.1 cm³/mol. The Morgan fingerprint density at radius 3 is 2.17 bits per heavy atom. The first-order chi connectivity index (χ1) is 8.23. The van der Waals surface area contributed by atoms with Crippen LogP contribution >= 0.6 is 0 Å². The molecule has 2 aromatic rings. The van der Waals surface area contributed by atoms with Gasteiger partial charge in [0.25, 0.3) is 15.2 Å². The molecule has 0 aliphatic carbocycles. The highest BCUT2D eigenvalue weighted by atomic mass is 32.2. The standard InChI is InChI=1S/C9H14N6O2S/c1-5-7(6(2)15(4)13-5)8-11-12-9(14(8)3)18(10,16)17/h1-4H3,(H2,10,16,17). The molecule has 0 aliphatic heterocycles. The number of sulfonamides is 1. The summed E-state index contributed by atoms with van der Waals surface area (Å²) in [6.45, 7) is 3.70. The molecule has 0 saturated heterocycles. The molecule has 0 saturated carbocycles. The van der Waals surface area contributed by atoms with Crippen LogP contribution in [0.3, 0.4) is 0 Å². The Bertz CT molecular complexity index is 712. The summed E-state index contributed by atoms with van der Waals surface area (Å²) in [5.74, 6) is 0.433. The molecular weight excluding hydrogens is 256 g/mol. The summed E-state index contributed by atoms with van der Waals surface area (Å²) in [5.41, 5.74) is 2.40. The molecule has 18 heavy (non-hydrogen) atoms. The topological polar surface area (TPSA) is 109 Å². The molecule has 0 bridgehead atoms. The second kappa shape index (κ2) is 3.89. The van der Waals surface area contributed by atoms with Crippen LogP contribution in [0, 0.1) is 13.8 Å². The lowest BCUT2D eigenvalue weighted by molar-refractivity contribution is 0.580. The molecule has 0 atom stereocenters. The zero-order valence-corrected chi connectivity index (χ0v) is 11.4. The van der Waals surface area contributed by atoms with Gasteiger partial charge in [0.1, 0.15) is 0 Å². The molecule has 0 aromatic carbocycles. The summed E-state index contributed by atoms with van der Waals surface area (Å²) in [4.78, 5) is 0. The first-order valence-corrected chi connectivity index (χ1v) is 6.71. The first-order valence-electron chi connectivity index (χ1n) is 5.16. The van der Waals surface area contributed by atoms with E-state index in [4.69, 9.17) is 5.14 Å². The van der Waals surface area contributed by atoms with Crippen LogP contribution in [0.25, 0.3) is 11.4 Å². The Hall–Kier alpha value is -1.74. The fourth-order valence-electron chi connectivity index (χ4n) is 1.88. The van der Waals surface area contributed by atoms with E-state index >= 15 is 0 Å². The minimum absolute atomic E-state index is 0.264. The van der Waals surface area contributed by atoms with Crippen molar-refractivity contribution in [3.8, 4) is 11.4 Å². The molecule has 0 radical (unpaired) electrons. The van der Waals surface area contributed by atoms with Gasteiger partial charge in [-0.1, -0.05) is 0 Å². The van der Waals surface area contributed by atoms with Crippen molar-refractivity contribution in [1.29, 1.82) is 0 Å². The van der Waals surface area contributed by atoms with E-state index in [9.17, 15) is 8.42 Å². The van der Waals surface area contributed by atoms with Gasteiger partial charge in [-0.3, -0.25) is 9.25 Å². The van der Waals surface area contributed by atoms with Gasteiger partial charge in [0.15, 0.2) is 5.82 Å². The van der Waals surface area contributed by atoms with Crippen LogP contribution in [0.5, 0.6) is 0 Å². The molecular formula is C9H14N6O2S. The lowest BCUT2D eigenvalue weighted by Crippen LogP contribution is -2.17. The lowest BCUT2D eigenvalue weighted by atomic mass is 10.2. The van der Waals surface area contributed by atoms with Crippen LogP contribution < -0.4 is 5.14 Å². The van der Waals surface area contributed by atoms with Crippen molar-refractivity contribution in [2.24, 2.45) is 19.2 Å². The number of aromatic nitrogens is 5. The van der Waals surface area contributed by atoms with Crippen LogP contribution in [0.4, 0.5) is 0 Å². The van der Waals surface area contributed by atoms with Gasteiger partial charge in [-0.15, -0.1) is 10.2 Å². The van der Waals surface area contributed by atoms with Gasteiger partial charge in [0, 0.05) is 19.8 Å². The maximum absolute atomic E-state index is 11.3. The maximum atomic E-state index is 11.3. The van der Waals surface area contributed by atoms with Crippen molar-refractivity contribution in [2.45, 2.75) is 19.0 Å². The Morgan fingerprint density at radius 1 is 1.17 bits per heavy atom. The molecule has 98 valence electrons. The second-order valence-electron chi connectivity index (χ2n) is 4.08. The number of aryl methyl sites for hydroxylation is 2. The summed E-state index contributed by atoms with van der Waals surface area (Å²) in [7, 11) is -0.513. The third-order valence-corrected chi connectivity index (χ3v) is 3.69. The molecule has 2 rings (SSSR count). The van der Waals surface area contributed by atoms with Crippen LogP contribution in [-0.2, 0) is 24.1 Å². The Labute approximate surface area is 104 Å². The molecule has 9 heteroatoms. The highest BCUT2D eigenvalue weighted by Crippen LogP contribution is 2.25. The van der Waals surface area contributed by atoms with Gasteiger partial charge >= 0.3 is 0 Å². The predicted octanol–water partition coefficient (Wildman–Crippen LogP) is -0.520. The molecule has 8 nitrogen and oxygen atoms in total. The summed E-state index contributed by atoms with van der Waals surface area (Å²) in [5, 5.41) is 16.6. The SMILES string of the molecule is Cc1nn(C)c(C)c1-c1nnc(S(N)(=O)=O)n1C. The third-order valence-electron chi connectivity index (χ3n) is 2.82. The summed E-state index contributed by atoms with van der Waals surface area (Å²) < 4.78 is 25.7. The number of hydrogen-bond acceptors (Lipinski definition) is 5. The molecule has 0 spiro atoms. The van der Waals surface area contributed by atoms with Gasteiger partial charge in [-0.2, -0.15) is 5.10 Å². The lowest BCUT2D eigenvalue weighted by Gasteiger charge is -2.02. The van der Waals surface area contributed by atoms with Crippen LogP contribution in [0.1, 0.15) is 11.4 Å². The van der Waals surface area contributed by atoms with E-state index in [0.29, 0.717) is 5.82 Å². The Kier molecular flexibility index (Phi) is 2.74. The molecule has 2 N–H and O–H groups in total. The highest BCUT2D eigenvalue weighted by molar-refractivity contribution is 7.89. The van der Waals surface area contributed by atoms with Crippen LogP contribution in [0.2, 0.25) is 0 Å². The van der Waals surface area contributed by atoms with Gasteiger partial charge in [0.2, 0.25) is 0 Å². The monoisotopic (exact) mass is 270 g/mol. The maximum Gasteiger partial charge on any atom is 0.273 e. The van der Waals surface area contributed by atoms with E-state index in [1.54, 1.807) is 11.7 Å². The zero-order chi connectivity index (χ0) is 13.7. The Morgan fingerprint density at radius 2 is 1.78 bits per heavy atom. The van der Waals surface area contributed by atoms with Crippen molar-refractivity contribution in [2.75, 3.05) is 0 Å². The van der Waals surface area contributed by atoms with Crippen LogP contribution in [-0.4, -0.2) is 33.0 Å². The number of rotatable bonds is 2. The van der Waals surface area contributed by atoms with Crippen LogP contribution in [0.15, 0.2) is 5.16 Å². The smallest absolute Gasteiger partial charge is 0.273 e. The third kappa shape index (κ3) is 1.81. The van der Waals surface area contributed by atoms with E-state index in [-0.39, 0.29) is 5.16 Å². The van der Waals surface area contributed by atoms with Gasteiger partial charge in [0.05, 0.1) is 11.3 Å². The van der Waals surface area contributed by atoms with E-state index in [1.165, 1.54) is 4.57 Å². The molecule has 0 fully saturated rings. The summed E-state index contributed by atoms with van der Waals surface area (Å²) in [6, 6.07) is 0. The van der Waals surface area contributed by atoms with Crippen molar-refractivity contribution < 1.29 is 8.42 Å². The van der Waals surface area contributed by atoms with E-state index in [1.807, 2.05) is 20.9 Å². The van der Waals surface area contributed by atoms with Crippen molar-refractivity contribution in [3.63, 3.8) is 0 Å². The number of primary sulfonamides is 1. The molecule has 0 aliphatic rings. The minimum Gasteiger partial charge on any atom is -0.300 e. The van der Waals surface area contributed by atoms with E-state index < -0.39 is 10.0 Å². The number of hydrogen-bond donors (Lipinski definition) is 1. The fraction of sp³-hybridized carbons (Fsp3) is 0.444. The molecule has 2 aromatic heterocycles. The normalized spacial score (nSPS) is 12.1. The largest absolute Gasteiger partial charge is 0.300 e. The number of nitrogens with zero attached hydrogens (tertiary/aromatic N) is 5. The van der Waals surface area contributed by atoms with Crippen molar-refractivity contribution in [3.05, 3.63) is 11.4 Å². The fourth-order valence-corrected chi connectivity index (χ4v) is 2.50. The van der Waals surface area contributed by atoms with Gasteiger partial charge < -0.3 is 0 Å². The second-order valence-corrected chi connectivity index (χ2v) is 5.53. The average molecular weight is 270 g/mol. The quantitative estimate of drug-likeness (QED) is 0.789. The molecule has 2 heterocycles. The average Bonchev–Trinajstić information content (AvgIpc) is 2.69. The number of nitrogens with two attached hydrogens (primary N) is 1. The van der Waals surface area contributed by atoms with E-state index in [2.05, 4.69) is 15.3 Å². The van der Waals surface area contributed by atoms with E-state index in [0.717, 1.165) is 17.0 Å². The molecule has 0 unspecified atom stereocenters. The Balaban J connectivity index is 2.71. The highest BCUT2D eigenvalue weighted by Gasteiger charge is 2.23. The first kappa shape index (κ1) is 12.7. The summed E-state index contributed by atoms with van der Waals surface area (Å²) in [6.07, 6.45) is 0.